The van der Waals surface area contributed by atoms with Gasteiger partial charge in [0.15, 0.2) is 0 Å². The molecule has 0 amide bonds. The molecule has 2 rings (SSSR count). The number of rotatable bonds is 7. The number of sulfonamides is 1. The molecule has 2 N–H and O–H groups in total. The summed E-state index contributed by atoms with van der Waals surface area (Å²) in [6, 6.07) is 9.21. The van der Waals surface area contributed by atoms with Gasteiger partial charge in [0.1, 0.15) is 5.76 Å². The summed E-state index contributed by atoms with van der Waals surface area (Å²) >= 11 is 0. The Balaban J connectivity index is 1.98. The van der Waals surface area contributed by atoms with Gasteiger partial charge in [-0.3, -0.25) is 0 Å². The summed E-state index contributed by atoms with van der Waals surface area (Å²) in [6.45, 7) is 2.60. The SMILES string of the molecule is CNCc1cccc(CS(=O)(=O)NCc2cc(C)on2)c1. The Morgan fingerprint density at radius 2 is 1.95 bits per heavy atom. The molecule has 1 aromatic carbocycles. The van der Waals surface area contributed by atoms with Gasteiger partial charge in [-0.1, -0.05) is 29.4 Å². The van der Waals surface area contributed by atoms with Gasteiger partial charge in [-0.25, -0.2) is 13.1 Å². The van der Waals surface area contributed by atoms with E-state index in [1.165, 1.54) is 0 Å². The fourth-order valence-corrected chi connectivity index (χ4v) is 3.08. The van der Waals surface area contributed by atoms with Crippen LogP contribution in [0.4, 0.5) is 0 Å². The molecule has 2 aromatic rings. The molecule has 0 aliphatic carbocycles. The van der Waals surface area contributed by atoms with E-state index >= 15 is 0 Å². The number of aryl methyl sites for hydroxylation is 1. The molecule has 0 spiro atoms. The van der Waals surface area contributed by atoms with Crippen molar-refractivity contribution in [3.05, 3.63) is 52.9 Å². The number of benzene rings is 1. The van der Waals surface area contributed by atoms with Crippen LogP contribution in [0.2, 0.25) is 0 Å². The molecule has 114 valence electrons. The van der Waals surface area contributed by atoms with Crippen molar-refractivity contribution in [3.8, 4) is 0 Å². The molecule has 0 radical (unpaired) electrons. The van der Waals surface area contributed by atoms with Crippen LogP contribution < -0.4 is 10.0 Å². The van der Waals surface area contributed by atoms with Gasteiger partial charge in [-0.2, -0.15) is 0 Å². The van der Waals surface area contributed by atoms with E-state index in [1.54, 1.807) is 19.1 Å². The third-order valence-electron chi connectivity index (χ3n) is 2.88. The zero-order valence-electron chi connectivity index (χ0n) is 12.1. The van der Waals surface area contributed by atoms with Crippen molar-refractivity contribution in [2.24, 2.45) is 0 Å². The maximum Gasteiger partial charge on any atom is 0.216 e. The van der Waals surface area contributed by atoms with Crippen molar-refractivity contribution < 1.29 is 12.9 Å². The second-order valence-electron chi connectivity index (χ2n) is 4.86. The standard InChI is InChI=1S/C14H19N3O3S/c1-11-6-14(17-20-11)9-16-21(18,19)10-13-5-3-4-12(7-13)8-15-2/h3-7,15-16H,8-10H2,1-2H3. The van der Waals surface area contributed by atoms with Crippen molar-refractivity contribution in [3.63, 3.8) is 0 Å². The van der Waals surface area contributed by atoms with E-state index in [-0.39, 0.29) is 12.3 Å². The van der Waals surface area contributed by atoms with Crippen LogP contribution in [0.1, 0.15) is 22.6 Å². The number of aromatic nitrogens is 1. The fraction of sp³-hybridized carbons (Fsp3) is 0.357. The van der Waals surface area contributed by atoms with Gasteiger partial charge in [0.25, 0.3) is 0 Å². The molecule has 0 saturated carbocycles. The lowest BCUT2D eigenvalue weighted by molar-refractivity contribution is 0.390. The highest BCUT2D eigenvalue weighted by Gasteiger charge is 2.13. The zero-order chi connectivity index (χ0) is 15.3. The zero-order valence-corrected chi connectivity index (χ0v) is 12.9. The summed E-state index contributed by atoms with van der Waals surface area (Å²) < 4.78 is 31.5. The Morgan fingerprint density at radius 3 is 2.62 bits per heavy atom. The van der Waals surface area contributed by atoms with Crippen molar-refractivity contribution in [1.29, 1.82) is 0 Å². The Labute approximate surface area is 124 Å². The molecule has 21 heavy (non-hydrogen) atoms. The average molecular weight is 309 g/mol. The van der Waals surface area contributed by atoms with Crippen LogP contribution in [0.5, 0.6) is 0 Å². The van der Waals surface area contributed by atoms with E-state index in [0.717, 1.165) is 11.1 Å². The minimum atomic E-state index is -3.41. The molecule has 0 aliphatic heterocycles. The van der Waals surface area contributed by atoms with E-state index in [2.05, 4.69) is 15.2 Å². The Morgan fingerprint density at radius 1 is 1.19 bits per heavy atom. The number of hydrogen-bond acceptors (Lipinski definition) is 5. The van der Waals surface area contributed by atoms with E-state index in [9.17, 15) is 8.42 Å². The molecule has 1 aromatic heterocycles. The number of nitrogens with zero attached hydrogens (tertiary/aromatic N) is 1. The normalized spacial score (nSPS) is 11.7. The fourth-order valence-electron chi connectivity index (χ4n) is 1.99. The summed E-state index contributed by atoms with van der Waals surface area (Å²) in [7, 11) is -1.56. The van der Waals surface area contributed by atoms with Crippen LogP contribution in [-0.2, 0) is 28.9 Å². The van der Waals surface area contributed by atoms with Crippen molar-refractivity contribution >= 4 is 10.0 Å². The smallest absolute Gasteiger partial charge is 0.216 e. The van der Waals surface area contributed by atoms with Gasteiger partial charge in [0.05, 0.1) is 18.0 Å². The maximum atomic E-state index is 12.1. The molecule has 0 unspecified atom stereocenters. The van der Waals surface area contributed by atoms with Crippen LogP contribution in [0.25, 0.3) is 0 Å². The van der Waals surface area contributed by atoms with Crippen LogP contribution in [-0.4, -0.2) is 20.6 Å². The van der Waals surface area contributed by atoms with E-state index in [1.807, 2.05) is 25.2 Å². The molecule has 7 heteroatoms. The second kappa shape index (κ2) is 6.84. The first-order valence-corrected chi connectivity index (χ1v) is 8.26. The topological polar surface area (TPSA) is 84.2 Å². The molecule has 0 atom stereocenters. The molecular weight excluding hydrogens is 290 g/mol. The minimum Gasteiger partial charge on any atom is -0.361 e. The summed E-state index contributed by atoms with van der Waals surface area (Å²) in [5, 5.41) is 6.79. The Hall–Kier alpha value is -1.70. The van der Waals surface area contributed by atoms with Crippen molar-refractivity contribution in [2.75, 3.05) is 7.05 Å². The monoisotopic (exact) mass is 309 g/mol. The van der Waals surface area contributed by atoms with Crippen molar-refractivity contribution in [1.82, 2.24) is 15.2 Å². The molecule has 0 fully saturated rings. The highest BCUT2D eigenvalue weighted by molar-refractivity contribution is 7.88. The average Bonchev–Trinajstić information content (AvgIpc) is 2.83. The molecule has 1 heterocycles. The predicted octanol–water partition coefficient (Wildman–Crippen LogP) is 1.32. The van der Waals surface area contributed by atoms with Gasteiger partial charge < -0.3 is 9.84 Å². The molecule has 0 aliphatic rings. The third-order valence-corrected chi connectivity index (χ3v) is 4.18. The van der Waals surface area contributed by atoms with Crippen LogP contribution >= 0.6 is 0 Å². The molecular formula is C14H19N3O3S. The van der Waals surface area contributed by atoms with E-state index in [4.69, 9.17) is 4.52 Å². The highest BCUT2D eigenvalue weighted by Crippen LogP contribution is 2.09. The Bertz CT molecular complexity index is 695. The number of hydrogen-bond donors (Lipinski definition) is 2. The summed E-state index contributed by atoms with van der Waals surface area (Å²) in [5.41, 5.74) is 2.38. The van der Waals surface area contributed by atoms with Gasteiger partial charge in [-0.05, 0) is 25.1 Å². The molecule has 6 nitrogen and oxygen atoms in total. The first-order chi connectivity index (χ1) is 9.98. The highest BCUT2D eigenvalue weighted by atomic mass is 32.2. The number of nitrogens with one attached hydrogen (secondary N) is 2. The predicted molar refractivity (Wildman–Crippen MR) is 79.9 cm³/mol. The first kappa shape index (κ1) is 15.7. The van der Waals surface area contributed by atoms with E-state index in [0.29, 0.717) is 18.0 Å². The summed E-state index contributed by atoms with van der Waals surface area (Å²) in [4.78, 5) is 0. The Kier molecular flexibility index (Phi) is 5.11. The first-order valence-electron chi connectivity index (χ1n) is 6.60. The van der Waals surface area contributed by atoms with Gasteiger partial charge in [0, 0.05) is 12.6 Å². The second-order valence-corrected chi connectivity index (χ2v) is 6.67. The lowest BCUT2D eigenvalue weighted by Gasteiger charge is -2.07. The van der Waals surface area contributed by atoms with Crippen LogP contribution in [0.15, 0.2) is 34.9 Å². The van der Waals surface area contributed by atoms with Gasteiger partial charge >= 0.3 is 0 Å². The molecule has 0 saturated heterocycles. The molecule has 0 bridgehead atoms. The third kappa shape index (κ3) is 4.96. The van der Waals surface area contributed by atoms with Gasteiger partial charge in [-0.15, -0.1) is 0 Å². The van der Waals surface area contributed by atoms with Crippen molar-refractivity contribution in [2.45, 2.75) is 25.8 Å². The largest absolute Gasteiger partial charge is 0.361 e. The van der Waals surface area contributed by atoms with Crippen LogP contribution in [0.3, 0.4) is 0 Å². The minimum absolute atomic E-state index is 0.0542. The van der Waals surface area contributed by atoms with Crippen LogP contribution in [0, 0.1) is 6.92 Å². The lowest BCUT2D eigenvalue weighted by Crippen LogP contribution is -2.25. The summed E-state index contributed by atoms with van der Waals surface area (Å²) in [5.74, 6) is 0.602. The lowest BCUT2D eigenvalue weighted by atomic mass is 10.1. The van der Waals surface area contributed by atoms with E-state index < -0.39 is 10.0 Å². The summed E-state index contributed by atoms with van der Waals surface area (Å²) in [6.07, 6.45) is 0. The maximum absolute atomic E-state index is 12.1. The van der Waals surface area contributed by atoms with Gasteiger partial charge in [0.2, 0.25) is 10.0 Å². The quantitative estimate of drug-likeness (QED) is 0.806.